The van der Waals surface area contributed by atoms with Crippen molar-refractivity contribution in [2.75, 3.05) is 6.61 Å². The molecule has 0 saturated heterocycles. The fourth-order valence-electron chi connectivity index (χ4n) is 2.58. The van der Waals surface area contributed by atoms with Gasteiger partial charge in [0.15, 0.2) is 6.61 Å². The van der Waals surface area contributed by atoms with Crippen molar-refractivity contribution in [3.05, 3.63) is 47.0 Å². The monoisotopic (exact) mass is 314 g/mol. The number of pyridine rings is 1. The molecule has 0 fully saturated rings. The van der Waals surface area contributed by atoms with Gasteiger partial charge in [-0.05, 0) is 51.3 Å². The summed E-state index contributed by atoms with van der Waals surface area (Å²) >= 11 is 0. The number of Topliss-reactive ketones (excluding diaryl/α,β-unsaturated/α-hetero) is 1. The molecule has 0 aliphatic heterocycles. The lowest BCUT2D eigenvalue weighted by molar-refractivity contribution is 0.0920. The lowest BCUT2D eigenvalue weighted by Gasteiger charge is -2.11. The molecule has 0 aliphatic rings. The summed E-state index contributed by atoms with van der Waals surface area (Å²) in [4.78, 5) is 16.6. The molecule has 0 unspecified atom stereocenters. The van der Waals surface area contributed by atoms with Crippen LogP contribution >= 0.6 is 0 Å². The number of ketones is 1. The van der Waals surface area contributed by atoms with Crippen LogP contribution in [0.1, 0.15) is 47.7 Å². The summed E-state index contributed by atoms with van der Waals surface area (Å²) in [7, 11) is 0. The molecule has 0 N–H and O–H groups in total. The Hall–Kier alpha value is -2.10. The first kappa shape index (κ1) is 17.3. The van der Waals surface area contributed by atoms with E-state index in [9.17, 15) is 4.79 Å². The van der Waals surface area contributed by atoms with Gasteiger partial charge in [-0.25, -0.2) is 0 Å². The highest BCUT2D eigenvalue weighted by Gasteiger charge is 2.16. The molecule has 4 heteroatoms. The van der Waals surface area contributed by atoms with Gasteiger partial charge in [0.05, 0.1) is 6.20 Å². The Morgan fingerprint density at radius 3 is 2.61 bits per heavy atom. The van der Waals surface area contributed by atoms with E-state index in [-0.39, 0.29) is 12.4 Å². The Kier molecular flexibility index (Phi) is 5.59. The number of carbonyl (C=O) groups is 1. The molecule has 2 heterocycles. The van der Waals surface area contributed by atoms with E-state index in [1.807, 2.05) is 32.0 Å². The third kappa shape index (κ3) is 4.44. The maximum atomic E-state index is 12.5. The zero-order valence-electron chi connectivity index (χ0n) is 14.7. The highest BCUT2D eigenvalue weighted by Crippen LogP contribution is 2.18. The van der Waals surface area contributed by atoms with Crippen molar-refractivity contribution in [2.45, 2.75) is 47.6 Å². The Labute approximate surface area is 138 Å². The third-order valence-corrected chi connectivity index (χ3v) is 4.06. The molecule has 2 aromatic rings. The molecule has 0 aromatic carbocycles. The summed E-state index contributed by atoms with van der Waals surface area (Å²) < 4.78 is 7.78. The van der Waals surface area contributed by atoms with Gasteiger partial charge in [-0.15, -0.1) is 0 Å². The SMILES string of the molecule is Cc1ccc(OCC(=O)c2cc(C)n(CCC(C)C)c2C)cn1. The van der Waals surface area contributed by atoms with Crippen molar-refractivity contribution in [2.24, 2.45) is 5.92 Å². The van der Waals surface area contributed by atoms with Crippen LogP contribution in [0.2, 0.25) is 0 Å². The second-order valence-corrected chi connectivity index (χ2v) is 6.47. The number of aryl methyl sites for hydroxylation is 2. The van der Waals surface area contributed by atoms with E-state index in [0.717, 1.165) is 35.6 Å². The van der Waals surface area contributed by atoms with Gasteiger partial charge in [0.25, 0.3) is 0 Å². The van der Waals surface area contributed by atoms with E-state index in [1.54, 1.807) is 6.20 Å². The van der Waals surface area contributed by atoms with Gasteiger partial charge in [-0.3, -0.25) is 9.78 Å². The van der Waals surface area contributed by atoms with Crippen LogP contribution in [0, 0.1) is 26.7 Å². The predicted octanol–water partition coefficient (Wildman–Crippen LogP) is 4.12. The van der Waals surface area contributed by atoms with Crippen LogP contribution in [-0.4, -0.2) is 21.9 Å². The van der Waals surface area contributed by atoms with Crippen molar-refractivity contribution in [3.8, 4) is 5.75 Å². The van der Waals surface area contributed by atoms with Crippen LogP contribution < -0.4 is 4.74 Å². The van der Waals surface area contributed by atoms with Crippen LogP contribution in [0.5, 0.6) is 5.75 Å². The van der Waals surface area contributed by atoms with E-state index < -0.39 is 0 Å². The lowest BCUT2D eigenvalue weighted by atomic mass is 10.1. The number of hydrogen-bond acceptors (Lipinski definition) is 3. The number of rotatable bonds is 7. The number of hydrogen-bond donors (Lipinski definition) is 0. The molecule has 0 radical (unpaired) electrons. The Bertz CT molecular complexity index is 669. The number of carbonyl (C=O) groups excluding carboxylic acids is 1. The Morgan fingerprint density at radius 1 is 1.26 bits per heavy atom. The van der Waals surface area contributed by atoms with Gasteiger partial charge >= 0.3 is 0 Å². The Balaban J connectivity index is 2.04. The van der Waals surface area contributed by atoms with E-state index in [0.29, 0.717) is 11.7 Å². The molecule has 2 rings (SSSR count). The van der Waals surface area contributed by atoms with Gasteiger partial charge in [-0.1, -0.05) is 13.8 Å². The standard InChI is InChI=1S/C19H26N2O2/c1-13(2)8-9-21-15(4)10-18(16(21)5)19(22)12-23-17-7-6-14(3)20-11-17/h6-7,10-11,13H,8-9,12H2,1-5H3. The minimum absolute atomic E-state index is 0.00877. The fourth-order valence-corrected chi connectivity index (χ4v) is 2.58. The maximum Gasteiger partial charge on any atom is 0.202 e. The van der Waals surface area contributed by atoms with Gasteiger partial charge in [-0.2, -0.15) is 0 Å². The molecule has 0 amide bonds. The van der Waals surface area contributed by atoms with Crippen LogP contribution in [0.15, 0.2) is 24.4 Å². The average Bonchev–Trinajstić information content (AvgIpc) is 2.79. The van der Waals surface area contributed by atoms with Crippen molar-refractivity contribution in [3.63, 3.8) is 0 Å². The number of aromatic nitrogens is 2. The molecule has 4 nitrogen and oxygen atoms in total. The molecule has 0 bridgehead atoms. The minimum atomic E-state index is 0.00877. The quantitative estimate of drug-likeness (QED) is 0.722. The topological polar surface area (TPSA) is 44.1 Å². The molecule has 23 heavy (non-hydrogen) atoms. The van der Waals surface area contributed by atoms with E-state index in [1.165, 1.54) is 0 Å². The van der Waals surface area contributed by atoms with Crippen molar-refractivity contribution in [1.29, 1.82) is 0 Å². The summed E-state index contributed by atoms with van der Waals surface area (Å²) in [6.45, 7) is 11.4. The van der Waals surface area contributed by atoms with E-state index in [4.69, 9.17) is 4.74 Å². The molecule has 0 aliphatic carbocycles. The first-order valence-corrected chi connectivity index (χ1v) is 8.14. The van der Waals surface area contributed by atoms with Crippen molar-refractivity contribution < 1.29 is 9.53 Å². The normalized spacial score (nSPS) is 11.0. The first-order valence-electron chi connectivity index (χ1n) is 8.14. The smallest absolute Gasteiger partial charge is 0.202 e. The maximum absolute atomic E-state index is 12.5. The zero-order chi connectivity index (χ0) is 17.0. The molecular weight excluding hydrogens is 288 g/mol. The van der Waals surface area contributed by atoms with Gasteiger partial charge < -0.3 is 9.30 Å². The summed E-state index contributed by atoms with van der Waals surface area (Å²) in [6.07, 6.45) is 2.75. The van der Waals surface area contributed by atoms with Crippen LogP contribution in [0.25, 0.3) is 0 Å². The van der Waals surface area contributed by atoms with E-state index >= 15 is 0 Å². The molecule has 0 atom stereocenters. The molecule has 2 aromatic heterocycles. The number of ether oxygens (including phenoxy) is 1. The highest BCUT2D eigenvalue weighted by atomic mass is 16.5. The summed E-state index contributed by atoms with van der Waals surface area (Å²) in [5.41, 5.74) is 3.84. The lowest BCUT2D eigenvalue weighted by Crippen LogP contribution is -2.13. The minimum Gasteiger partial charge on any atom is -0.484 e. The van der Waals surface area contributed by atoms with Gasteiger partial charge in [0, 0.05) is 29.2 Å². The molecule has 124 valence electrons. The Morgan fingerprint density at radius 2 is 2.00 bits per heavy atom. The van der Waals surface area contributed by atoms with Crippen molar-refractivity contribution >= 4 is 5.78 Å². The number of nitrogens with zero attached hydrogens (tertiary/aromatic N) is 2. The van der Waals surface area contributed by atoms with Crippen molar-refractivity contribution in [1.82, 2.24) is 9.55 Å². The first-order chi connectivity index (χ1) is 10.9. The largest absolute Gasteiger partial charge is 0.484 e. The summed E-state index contributed by atoms with van der Waals surface area (Å²) in [5, 5.41) is 0. The zero-order valence-corrected chi connectivity index (χ0v) is 14.7. The molecule has 0 saturated carbocycles. The highest BCUT2D eigenvalue weighted by molar-refractivity contribution is 5.98. The average molecular weight is 314 g/mol. The molecule has 0 spiro atoms. The summed E-state index contributed by atoms with van der Waals surface area (Å²) in [6, 6.07) is 5.67. The van der Waals surface area contributed by atoms with Crippen LogP contribution in [-0.2, 0) is 6.54 Å². The van der Waals surface area contributed by atoms with E-state index in [2.05, 4.69) is 30.3 Å². The third-order valence-electron chi connectivity index (χ3n) is 4.06. The predicted molar refractivity (Wildman–Crippen MR) is 92.2 cm³/mol. The molecular formula is C19H26N2O2. The van der Waals surface area contributed by atoms with Crippen LogP contribution in [0.4, 0.5) is 0 Å². The second-order valence-electron chi connectivity index (χ2n) is 6.47. The fraction of sp³-hybridized carbons (Fsp3) is 0.474. The van der Waals surface area contributed by atoms with Gasteiger partial charge in [0.2, 0.25) is 5.78 Å². The van der Waals surface area contributed by atoms with Crippen LogP contribution in [0.3, 0.4) is 0 Å². The van der Waals surface area contributed by atoms with Gasteiger partial charge in [0.1, 0.15) is 5.75 Å². The summed E-state index contributed by atoms with van der Waals surface area (Å²) in [5.74, 6) is 1.28. The second kappa shape index (κ2) is 7.44.